The van der Waals surface area contributed by atoms with Gasteiger partial charge in [0.2, 0.25) is 5.96 Å². The summed E-state index contributed by atoms with van der Waals surface area (Å²) in [6.45, 7) is 4.50. The van der Waals surface area contributed by atoms with Crippen LogP contribution in [0, 0.1) is 5.92 Å². The Morgan fingerprint density at radius 1 is 1.35 bits per heavy atom. The average Bonchev–Trinajstić information content (AvgIpc) is 2.97. The van der Waals surface area contributed by atoms with Gasteiger partial charge in [-0.25, -0.2) is 10.8 Å². The Bertz CT molecular complexity index is 258. The molecule has 3 N–H and O–H groups in total. The van der Waals surface area contributed by atoms with Gasteiger partial charge >= 0.3 is 0 Å². The molecule has 1 saturated heterocycles. The maximum atomic E-state index is 5.63. The predicted octanol–water partition coefficient (Wildman–Crippen LogP) is 1.87. The molecule has 0 bridgehead atoms. The molecule has 2 aliphatic rings. The third-order valence-electron chi connectivity index (χ3n) is 4.04. The van der Waals surface area contributed by atoms with Crippen molar-refractivity contribution in [2.75, 3.05) is 13.1 Å². The summed E-state index contributed by atoms with van der Waals surface area (Å²) in [5, 5.41) is 0. The highest BCUT2D eigenvalue weighted by Crippen LogP contribution is 2.23. The van der Waals surface area contributed by atoms with Gasteiger partial charge in [0.05, 0.1) is 6.04 Å². The molecule has 1 saturated carbocycles. The van der Waals surface area contributed by atoms with Gasteiger partial charge in [-0.2, -0.15) is 0 Å². The zero-order valence-corrected chi connectivity index (χ0v) is 11.0. The number of likely N-dealkylation sites (tertiary alicyclic amines) is 1. The molecule has 4 nitrogen and oxygen atoms in total. The Morgan fingerprint density at radius 2 is 2.12 bits per heavy atom. The van der Waals surface area contributed by atoms with E-state index in [-0.39, 0.29) is 0 Å². The third kappa shape index (κ3) is 3.35. The highest BCUT2D eigenvalue weighted by atomic mass is 15.4. The van der Waals surface area contributed by atoms with Gasteiger partial charge in [0.1, 0.15) is 0 Å². The number of hydrogen-bond donors (Lipinski definition) is 2. The first kappa shape index (κ1) is 12.7. The lowest BCUT2D eigenvalue weighted by Crippen LogP contribution is -2.44. The van der Waals surface area contributed by atoms with Crippen molar-refractivity contribution in [3.63, 3.8) is 0 Å². The van der Waals surface area contributed by atoms with Crippen LogP contribution < -0.4 is 11.3 Å². The molecule has 0 aromatic carbocycles. The van der Waals surface area contributed by atoms with Crippen molar-refractivity contribution in [3.8, 4) is 0 Å². The maximum Gasteiger partial charge on any atom is 0.208 e. The van der Waals surface area contributed by atoms with E-state index in [0.29, 0.717) is 6.04 Å². The lowest BCUT2D eigenvalue weighted by molar-refractivity contribution is 0.441. The quantitative estimate of drug-likeness (QED) is 0.341. The lowest BCUT2D eigenvalue weighted by Gasteiger charge is -2.21. The SMILES string of the molecule is CCCC1CCN(C(=NC2CCCC2)NN)C1. The van der Waals surface area contributed by atoms with Crippen molar-refractivity contribution in [3.05, 3.63) is 0 Å². The number of hydrogen-bond acceptors (Lipinski definition) is 2. The van der Waals surface area contributed by atoms with E-state index in [4.69, 9.17) is 10.8 Å². The summed E-state index contributed by atoms with van der Waals surface area (Å²) in [6, 6.07) is 0.506. The van der Waals surface area contributed by atoms with Gasteiger partial charge in [-0.3, -0.25) is 5.43 Å². The summed E-state index contributed by atoms with van der Waals surface area (Å²) in [7, 11) is 0. The van der Waals surface area contributed by atoms with Crippen LogP contribution in [0.15, 0.2) is 4.99 Å². The Hall–Kier alpha value is -0.770. The summed E-state index contributed by atoms with van der Waals surface area (Å²) in [5.74, 6) is 7.39. The van der Waals surface area contributed by atoms with Crippen molar-refractivity contribution in [1.82, 2.24) is 10.3 Å². The molecule has 2 rings (SSSR count). The van der Waals surface area contributed by atoms with E-state index in [1.807, 2.05) is 0 Å². The van der Waals surface area contributed by atoms with Crippen molar-refractivity contribution < 1.29 is 0 Å². The lowest BCUT2D eigenvalue weighted by atomic mass is 10.0. The van der Waals surface area contributed by atoms with Crippen LogP contribution in [-0.2, 0) is 0 Å². The molecule has 98 valence electrons. The smallest absolute Gasteiger partial charge is 0.208 e. The van der Waals surface area contributed by atoms with E-state index >= 15 is 0 Å². The minimum absolute atomic E-state index is 0.506. The second-order valence-corrected chi connectivity index (χ2v) is 5.42. The molecule has 0 aromatic rings. The molecule has 0 spiro atoms. The molecule has 1 aliphatic heterocycles. The van der Waals surface area contributed by atoms with Gasteiger partial charge in [-0.1, -0.05) is 26.2 Å². The highest BCUT2D eigenvalue weighted by molar-refractivity contribution is 5.79. The molecule has 17 heavy (non-hydrogen) atoms. The predicted molar refractivity (Wildman–Crippen MR) is 71.6 cm³/mol. The highest BCUT2D eigenvalue weighted by Gasteiger charge is 2.25. The van der Waals surface area contributed by atoms with Gasteiger partial charge in [0, 0.05) is 13.1 Å². The topological polar surface area (TPSA) is 53.6 Å². The summed E-state index contributed by atoms with van der Waals surface area (Å²) in [4.78, 5) is 7.11. The van der Waals surface area contributed by atoms with E-state index in [0.717, 1.165) is 25.0 Å². The fourth-order valence-corrected chi connectivity index (χ4v) is 3.09. The van der Waals surface area contributed by atoms with Gasteiger partial charge in [-0.15, -0.1) is 0 Å². The second-order valence-electron chi connectivity index (χ2n) is 5.42. The van der Waals surface area contributed by atoms with Crippen LogP contribution in [0.3, 0.4) is 0 Å². The van der Waals surface area contributed by atoms with Crippen molar-refractivity contribution >= 4 is 5.96 Å². The van der Waals surface area contributed by atoms with Crippen LogP contribution in [0.4, 0.5) is 0 Å². The summed E-state index contributed by atoms with van der Waals surface area (Å²) >= 11 is 0. The number of aliphatic imine (C=N–C) groups is 1. The number of rotatable bonds is 3. The van der Waals surface area contributed by atoms with Crippen LogP contribution >= 0.6 is 0 Å². The van der Waals surface area contributed by atoms with Gasteiger partial charge in [0.15, 0.2) is 0 Å². The molecular formula is C13H26N4. The number of hydrazine groups is 1. The molecule has 0 aromatic heterocycles. The van der Waals surface area contributed by atoms with Crippen LogP contribution in [0.25, 0.3) is 0 Å². The van der Waals surface area contributed by atoms with Gasteiger partial charge in [-0.05, 0) is 31.6 Å². The zero-order chi connectivity index (χ0) is 12.1. The Morgan fingerprint density at radius 3 is 2.76 bits per heavy atom. The Labute approximate surface area is 105 Å². The van der Waals surface area contributed by atoms with Crippen molar-refractivity contribution in [2.45, 2.75) is 57.9 Å². The molecule has 0 amide bonds. The molecule has 0 radical (unpaired) electrons. The maximum absolute atomic E-state index is 5.63. The van der Waals surface area contributed by atoms with Crippen LogP contribution in [0.5, 0.6) is 0 Å². The molecule has 1 atom stereocenters. The van der Waals surface area contributed by atoms with Gasteiger partial charge < -0.3 is 4.90 Å². The monoisotopic (exact) mass is 238 g/mol. The van der Waals surface area contributed by atoms with Crippen molar-refractivity contribution in [2.24, 2.45) is 16.8 Å². The van der Waals surface area contributed by atoms with Crippen LogP contribution in [0.1, 0.15) is 51.9 Å². The Kier molecular flexibility index (Phi) is 4.66. The molecule has 1 unspecified atom stereocenters. The van der Waals surface area contributed by atoms with E-state index in [1.54, 1.807) is 0 Å². The second kappa shape index (κ2) is 6.24. The van der Waals surface area contributed by atoms with Gasteiger partial charge in [0.25, 0.3) is 0 Å². The first-order valence-corrected chi connectivity index (χ1v) is 7.12. The van der Waals surface area contributed by atoms with E-state index < -0.39 is 0 Å². The van der Waals surface area contributed by atoms with Crippen LogP contribution in [0.2, 0.25) is 0 Å². The summed E-state index contributed by atoms with van der Waals surface area (Å²) in [6.07, 6.45) is 9.02. The minimum atomic E-state index is 0.506. The number of nitrogens with one attached hydrogen (secondary N) is 1. The zero-order valence-electron chi connectivity index (χ0n) is 11.0. The molecular weight excluding hydrogens is 212 g/mol. The molecule has 1 aliphatic carbocycles. The fraction of sp³-hybridized carbons (Fsp3) is 0.923. The van der Waals surface area contributed by atoms with E-state index in [1.165, 1.54) is 44.9 Å². The molecule has 2 fully saturated rings. The standard InChI is InChI=1S/C13H26N4/c1-2-5-11-8-9-17(10-11)13(16-14)15-12-6-3-4-7-12/h11-12H,2-10,14H2,1H3,(H,15,16). The average molecular weight is 238 g/mol. The normalized spacial score (nSPS) is 26.8. The van der Waals surface area contributed by atoms with E-state index in [2.05, 4.69) is 17.2 Å². The first-order valence-electron chi connectivity index (χ1n) is 7.12. The van der Waals surface area contributed by atoms with E-state index in [9.17, 15) is 0 Å². The molecule has 1 heterocycles. The first-order chi connectivity index (χ1) is 8.33. The summed E-state index contributed by atoms with van der Waals surface area (Å²) in [5.41, 5.74) is 2.81. The number of nitrogens with zero attached hydrogens (tertiary/aromatic N) is 2. The molecule has 4 heteroatoms. The Balaban J connectivity index is 1.90. The van der Waals surface area contributed by atoms with Crippen molar-refractivity contribution in [1.29, 1.82) is 0 Å². The summed E-state index contributed by atoms with van der Waals surface area (Å²) < 4.78 is 0. The largest absolute Gasteiger partial charge is 0.342 e. The fourth-order valence-electron chi connectivity index (χ4n) is 3.09. The minimum Gasteiger partial charge on any atom is -0.342 e. The third-order valence-corrected chi connectivity index (χ3v) is 4.04. The number of nitrogens with two attached hydrogens (primary N) is 1. The van der Waals surface area contributed by atoms with Crippen LogP contribution in [-0.4, -0.2) is 30.0 Å². The number of guanidine groups is 1.